The van der Waals surface area contributed by atoms with Gasteiger partial charge in [0.05, 0.1) is 13.8 Å². The van der Waals surface area contributed by atoms with E-state index in [4.69, 9.17) is 38.7 Å². The van der Waals surface area contributed by atoms with E-state index in [1.165, 1.54) is 0 Å². The van der Waals surface area contributed by atoms with Gasteiger partial charge in [0.1, 0.15) is 0 Å². The number of hydrogen-bond donors (Lipinski definition) is 0. The molecule has 0 aliphatic carbocycles. The topological polar surface area (TPSA) is 0 Å². The zero-order valence-electron chi connectivity index (χ0n) is 11.5. The Kier molecular flexibility index (Phi) is 8.51. The van der Waals surface area contributed by atoms with Gasteiger partial charge in [0, 0.05) is 77.1 Å². The van der Waals surface area contributed by atoms with Gasteiger partial charge < -0.3 is 0 Å². The van der Waals surface area contributed by atoms with Crippen LogP contribution in [-0.4, -0.2) is 90.9 Å². The maximum atomic E-state index is 5.98. The molecule has 0 aliphatic heterocycles. The molecule has 17 heavy (non-hydrogen) atoms. The first-order chi connectivity index (χ1) is 7.73. The molecule has 0 saturated heterocycles. The molecule has 0 heterocycles. The molecule has 0 amide bonds. The highest BCUT2D eigenvalue weighted by atomic mass is 13.3. The average molecular weight is 201 g/mol. The fourth-order valence-corrected chi connectivity index (χ4v) is 2.78. The lowest BCUT2D eigenvalue weighted by molar-refractivity contribution is 2.09. The van der Waals surface area contributed by atoms with E-state index in [0.29, 0.717) is 6.60 Å². The summed E-state index contributed by atoms with van der Waals surface area (Å²) >= 11 is 0. The van der Waals surface area contributed by atoms with Crippen LogP contribution in [0.1, 0.15) is 0 Å². The monoisotopic (exact) mass is 203 g/mol. The molecule has 0 nitrogen and oxygen atoms in total. The Balaban J connectivity index is 5.16. The maximum Gasteiger partial charge on any atom is 0.0842 e. The third-order valence-electron chi connectivity index (χ3n) is 3.54. The summed E-state index contributed by atoms with van der Waals surface area (Å²) in [5, 5.41) is 0. The molecule has 13 heteroatoms. The minimum atomic E-state index is -0.504. The van der Waals surface area contributed by atoms with Crippen LogP contribution in [0.15, 0.2) is 0 Å². The highest BCUT2D eigenvalue weighted by Crippen LogP contribution is 2.05. The Morgan fingerprint density at radius 3 is 1.35 bits per heavy atom. The van der Waals surface area contributed by atoms with E-state index < -0.39 is 12.8 Å². The third kappa shape index (κ3) is 5.15. The van der Waals surface area contributed by atoms with Crippen molar-refractivity contribution in [2.45, 2.75) is 27.3 Å². The molecular formula is C4H12B13. The zero-order valence-corrected chi connectivity index (χ0v) is 11.5. The SMILES string of the molecule is [B]B([B])B(B([B])C)B(B([B])[B])B([B]C)B(C)C. The lowest BCUT2D eigenvalue weighted by atomic mass is 8.46. The standard InChI is InChI=1S/C4H12B13/c1-10-15(11(2)3)17(14(8)9)16(12(4)5)13(6)7/h1-4H3. The lowest BCUT2D eigenvalue weighted by Crippen LogP contribution is -2.74. The van der Waals surface area contributed by atoms with Gasteiger partial charge in [-0.05, 0) is 0 Å². The first kappa shape index (κ1) is 17.8. The van der Waals surface area contributed by atoms with Crippen LogP contribution < -0.4 is 0 Å². The minimum absolute atomic E-state index is 0.000000000000000444. The van der Waals surface area contributed by atoms with Crippen molar-refractivity contribution >= 4 is 90.9 Å². The van der Waals surface area contributed by atoms with Crippen molar-refractivity contribution in [1.29, 1.82) is 0 Å². The normalized spacial score (nSPS) is 9.18. The van der Waals surface area contributed by atoms with Crippen LogP contribution in [0.2, 0.25) is 27.3 Å². The number of rotatable bonds is 7. The Hall–Kier alpha value is 0.844. The smallest absolute Gasteiger partial charge is 0.0842 e. The minimum Gasteiger partial charge on any atom is -0.101 e. The van der Waals surface area contributed by atoms with Crippen LogP contribution >= 0.6 is 0 Å². The molecule has 0 spiro atoms. The Morgan fingerprint density at radius 1 is 0.765 bits per heavy atom. The van der Waals surface area contributed by atoms with E-state index in [0.717, 1.165) is 0 Å². The molecule has 0 N–H and O–H groups in total. The van der Waals surface area contributed by atoms with E-state index in [9.17, 15) is 0 Å². The summed E-state index contributed by atoms with van der Waals surface area (Å²) < 4.78 is 0. The zero-order chi connectivity index (χ0) is 13.7. The molecule has 0 aromatic heterocycles. The average Bonchev–Trinajstić information content (AvgIpc) is 2.15. The Labute approximate surface area is 118 Å². The van der Waals surface area contributed by atoms with E-state index in [1.807, 2.05) is 13.6 Å². The molecular weight excluding hydrogens is 189 g/mol. The van der Waals surface area contributed by atoms with Gasteiger partial charge in [0.25, 0.3) is 0 Å². The van der Waals surface area contributed by atoms with Crippen LogP contribution in [0.4, 0.5) is 0 Å². The first-order valence-corrected chi connectivity index (χ1v) is 6.31. The van der Waals surface area contributed by atoms with Crippen molar-refractivity contribution in [2.24, 2.45) is 0 Å². The summed E-state index contributed by atoms with van der Waals surface area (Å²) in [7, 11) is 31.6. The van der Waals surface area contributed by atoms with Gasteiger partial charge in [0.15, 0.2) is 0 Å². The van der Waals surface area contributed by atoms with E-state index >= 15 is 0 Å². The number of hydrogen-bond acceptors (Lipinski definition) is 0. The molecule has 0 atom stereocenters. The Bertz CT molecular complexity index is 194. The molecule has 11 radical (unpaired) electrons. The summed E-state index contributed by atoms with van der Waals surface area (Å²) in [6.07, 6.45) is -0.792. The molecule has 0 rings (SSSR count). The summed E-state index contributed by atoms with van der Waals surface area (Å²) in [5.74, 6) is 0. The summed E-state index contributed by atoms with van der Waals surface area (Å²) in [6, 6.07) is 0. The van der Waals surface area contributed by atoms with Gasteiger partial charge in [-0.25, -0.2) is 0 Å². The quantitative estimate of drug-likeness (QED) is 0.395. The molecule has 0 aromatic rings. The second-order valence-corrected chi connectivity index (χ2v) is 5.32. The molecule has 0 unspecified atom stereocenters. The van der Waals surface area contributed by atoms with E-state index in [2.05, 4.69) is 20.8 Å². The predicted octanol–water partition coefficient (Wildman–Crippen LogP) is -2.62. The van der Waals surface area contributed by atoms with Crippen molar-refractivity contribution < 1.29 is 0 Å². The largest absolute Gasteiger partial charge is 0.101 e. The fraction of sp³-hybridized carbons (Fsp3) is 1.00. The molecule has 0 saturated carbocycles. The van der Waals surface area contributed by atoms with Crippen molar-refractivity contribution in [2.75, 3.05) is 0 Å². The predicted molar refractivity (Wildman–Crippen MR) is 98.3 cm³/mol. The molecule has 0 fully saturated rings. The van der Waals surface area contributed by atoms with Crippen LogP contribution in [0.25, 0.3) is 0 Å². The van der Waals surface area contributed by atoms with E-state index in [-0.39, 0.29) is 25.6 Å². The van der Waals surface area contributed by atoms with E-state index in [1.54, 1.807) is 0 Å². The van der Waals surface area contributed by atoms with Crippen molar-refractivity contribution in [3.63, 3.8) is 0 Å². The second-order valence-electron chi connectivity index (χ2n) is 5.32. The van der Waals surface area contributed by atoms with Gasteiger partial charge in [-0.15, -0.1) is 13.6 Å². The Morgan fingerprint density at radius 2 is 1.18 bits per heavy atom. The maximum absolute atomic E-state index is 5.98. The van der Waals surface area contributed by atoms with Crippen LogP contribution in [-0.2, 0) is 0 Å². The molecule has 0 aliphatic rings. The highest BCUT2D eigenvalue weighted by molar-refractivity contribution is 8.10. The first-order valence-electron chi connectivity index (χ1n) is 6.31. The van der Waals surface area contributed by atoms with Crippen LogP contribution in [0.3, 0.4) is 0 Å². The molecule has 0 bridgehead atoms. The fourth-order valence-electron chi connectivity index (χ4n) is 2.78. The van der Waals surface area contributed by atoms with Crippen molar-refractivity contribution in [3.8, 4) is 0 Å². The van der Waals surface area contributed by atoms with Crippen LogP contribution in [0.5, 0.6) is 0 Å². The molecule has 0 aromatic carbocycles. The second kappa shape index (κ2) is 8.10. The third-order valence-corrected chi connectivity index (χ3v) is 3.54. The van der Waals surface area contributed by atoms with Crippen LogP contribution in [0, 0.1) is 0 Å². The van der Waals surface area contributed by atoms with Crippen molar-refractivity contribution in [1.82, 2.24) is 0 Å². The highest BCUT2D eigenvalue weighted by Gasteiger charge is 2.41. The van der Waals surface area contributed by atoms with Gasteiger partial charge in [0.2, 0.25) is 0 Å². The van der Waals surface area contributed by atoms with Gasteiger partial charge in [-0.2, -0.15) is 0 Å². The summed E-state index contributed by atoms with van der Waals surface area (Å²) in [6.45, 7) is 8.50. The van der Waals surface area contributed by atoms with Gasteiger partial charge >= 0.3 is 0 Å². The van der Waals surface area contributed by atoms with Crippen molar-refractivity contribution in [3.05, 3.63) is 0 Å². The summed E-state index contributed by atoms with van der Waals surface area (Å²) in [5.41, 5.74) is 0. The molecule has 67 valence electrons. The summed E-state index contributed by atoms with van der Waals surface area (Å²) in [4.78, 5) is 0. The van der Waals surface area contributed by atoms with Gasteiger partial charge in [-0.1, -0.05) is 13.6 Å². The lowest BCUT2D eigenvalue weighted by Gasteiger charge is -2.37. The van der Waals surface area contributed by atoms with Gasteiger partial charge in [-0.3, -0.25) is 0 Å².